The maximum Gasteiger partial charge on any atom is 0.245 e. The second-order valence-electron chi connectivity index (χ2n) is 6.16. The lowest BCUT2D eigenvalue weighted by molar-refractivity contribution is -0.129. The van der Waals surface area contributed by atoms with Crippen LogP contribution < -0.4 is 5.32 Å². The zero-order valence-electron chi connectivity index (χ0n) is 12.8. The molecule has 3 rings (SSSR count). The van der Waals surface area contributed by atoms with Gasteiger partial charge in [0.05, 0.1) is 6.67 Å². The zero-order chi connectivity index (χ0) is 14.8. The first-order valence-electron chi connectivity index (χ1n) is 7.61. The molecule has 21 heavy (non-hydrogen) atoms. The molecule has 2 heterocycles. The number of carbonyl (C=O) groups is 1. The maximum absolute atomic E-state index is 12.6. The van der Waals surface area contributed by atoms with Gasteiger partial charge in [0.15, 0.2) is 0 Å². The molecule has 2 unspecified atom stereocenters. The van der Waals surface area contributed by atoms with Crippen molar-refractivity contribution in [3.8, 4) is 0 Å². The Morgan fingerprint density at radius 1 is 1.19 bits per heavy atom. The van der Waals surface area contributed by atoms with E-state index in [1.165, 1.54) is 0 Å². The summed E-state index contributed by atoms with van der Waals surface area (Å²) in [6, 6.07) is 10.2. The smallest absolute Gasteiger partial charge is 0.245 e. The van der Waals surface area contributed by atoms with E-state index in [4.69, 9.17) is 0 Å². The Morgan fingerprint density at radius 2 is 1.95 bits per heavy atom. The van der Waals surface area contributed by atoms with E-state index >= 15 is 0 Å². The van der Waals surface area contributed by atoms with Gasteiger partial charge in [-0.25, -0.2) is 0 Å². The van der Waals surface area contributed by atoms with Crippen molar-refractivity contribution in [2.75, 3.05) is 46.9 Å². The van der Waals surface area contributed by atoms with E-state index in [1.54, 1.807) is 0 Å². The molecular weight excluding hydrogens is 264 g/mol. The molecule has 2 saturated heterocycles. The summed E-state index contributed by atoms with van der Waals surface area (Å²) in [7, 11) is 4.30. The number of nitrogens with zero attached hydrogens (tertiary/aromatic N) is 3. The van der Waals surface area contributed by atoms with Crippen LogP contribution in [-0.4, -0.2) is 73.6 Å². The lowest BCUT2D eigenvalue weighted by Crippen LogP contribution is -2.54. The fourth-order valence-electron chi connectivity index (χ4n) is 3.16. The van der Waals surface area contributed by atoms with Gasteiger partial charge in [-0.15, -0.1) is 0 Å². The molecule has 5 heteroatoms. The maximum atomic E-state index is 12.6. The van der Waals surface area contributed by atoms with Gasteiger partial charge in [-0.2, -0.15) is 0 Å². The van der Waals surface area contributed by atoms with Crippen LogP contribution in [0.4, 0.5) is 0 Å². The van der Waals surface area contributed by atoms with Crippen molar-refractivity contribution in [3.05, 3.63) is 35.9 Å². The Bertz CT molecular complexity index is 492. The van der Waals surface area contributed by atoms with Gasteiger partial charge in [-0.3, -0.25) is 15.0 Å². The number of carbonyl (C=O) groups excluding carboxylic acids is 1. The number of hydrogen-bond donors (Lipinski definition) is 1. The van der Waals surface area contributed by atoms with Crippen LogP contribution in [0.3, 0.4) is 0 Å². The quantitative estimate of drug-likeness (QED) is 0.872. The summed E-state index contributed by atoms with van der Waals surface area (Å²) in [4.78, 5) is 19.3. The van der Waals surface area contributed by atoms with Gasteiger partial charge in [0, 0.05) is 32.2 Å². The van der Waals surface area contributed by atoms with E-state index in [0.717, 1.165) is 31.7 Å². The van der Waals surface area contributed by atoms with Gasteiger partial charge in [-0.05, 0) is 19.7 Å². The van der Waals surface area contributed by atoms with Crippen LogP contribution in [0.15, 0.2) is 30.3 Å². The van der Waals surface area contributed by atoms with Crippen molar-refractivity contribution < 1.29 is 4.79 Å². The van der Waals surface area contributed by atoms with E-state index in [2.05, 4.69) is 29.2 Å². The second-order valence-corrected chi connectivity index (χ2v) is 6.16. The van der Waals surface area contributed by atoms with Crippen molar-refractivity contribution in [1.82, 2.24) is 20.0 Å². The minimum atomic E-state index is -0.183. The van der Waals surface area contributed by atoms with Crippen molar-refractivity contribution >= 4 is 5.91 Å². The summed E-state index contributed by atoms with van der Waals surface area (Å²) < 4.78 is 0. The second kappa shape index (κ2) is 6.13. The molecule has 0 bridgehead atoms. The Morgan fingerprint density at radius 3 is 2.71 bits per heavy atom. The summed E-state index contributed by atoms with van der Waals surface area (Å²) in [5.74, 6) is 0.197. The first-order chi connectivity index (χ1) is 10.1. The summed E-state index contributed by atoms with van der Waals surface area (Å²) in [6.07, 6.45) is 0. The summed E-state index contributed by atoms with van der Waals surface area (Å²) in [5, 5.41) is 3.33. The van der Waals surface area contributed by atoms with E-state index in [9.17, 15) is 4.79 Å². The van der Waals surface area contributed by atoms with Gasteiger partial charge in [-0.1, -0.05) is 30.3 Å². The van der Waals surface area contributed by atoms with E-state index in [-0.39, 0.29) is 11.9 Å². The molecule has 5 nitrogen and oxygen atoms in total. The predicted octanol–water partition coefficient (Wildman–Crippen LogP) is 0.363. The number of benzene rings is 1. The lowest BCUT2D eigenvalue weighted by atomic mass is 10.1. The number of amides is 1. The molecule has 0 radical (unpaired) electrons. The average molecular weight is 288 g/mol. The summed E-state index contributed by atoms with van der Waals surface area (Å²) in [6.45, 7) is 4.64. The Kier molecular flexibility index (Phi) is 4.24. The molecule has 2 aliphatic rings. The molecule has 1 aromatic rings. The molecule has 0 spiro atoms. The van der Waals surface area contributed by atoms with Gasteiger partial charge >= 0.3 is 0 Å². The van der Waals surface area contributed by atoms with Crippen molar-refractivity contribution in [1.29, 1.82) is 0 Å². The van der Waals surface area contributed by atoms with Crippen molar-refractivity contribution in [2.24, 2.45) is 0 Å². The highest BCUT2D eigenvalue weighted by molar-refractivity contribution is 5.85. The Hall–Kier alpha value is -1.43. The van der Waals surface area contributed by atoms with Gasteiger partial charge < -0.3 is 9.80 Å². The number of hydrogen-bond acceptors (Lipinski definition) is 4. The Balaban J connectivity index is 1.64. The van der Waals surface area contributed by atoms with E-state index in [0.29, 0.717) is 12.7 Å². The summed E-state index contributed by atoms with van der Waals surface area (Å²) in [5.41, 5.74) is 1.05. The SMILES string of the molecule is CN1CCN(C)C(CN2CNC(c3ccccc3)C2=O)C1. The molecule has 2 atom stereocenters. The lowest BCUT2D eigenvalue weighted by Gasteiger charge is -2.39. The molecule has 2 fully saturated rings. The number of rotatable bonds is 3. The van der Waals surface area contributed by atoms with Crippen LogP contribution in [0.2, 0.25) is 0 Å². The van der Waals surface area contributed by atoms with Crippen LogP contribution in [0.1, 0.15) is 11.6 Å². The minimum absolute atomic E-state index is 0.183. The zero-order valence-corrected chi connectivity index (χ0v) is 12.8. The standard InChI is InChI=1S/C16H24N4O/c1-18-8-9-19(2)14(10-18)11-20-12-17-15(16(20)21)13-6-4-3-5-7-13/h3-7,14-15,17H,8-12H2,1-2H3. The Labute approximate surface area is 126 Å². The first kappa shape index (κ1) is 14.5. The van der Waals surface area contributed by atoms with Crippen molar-refractivity contribution in [2.45, 2.75) is 12.1 Å². The van der Waals surface area contributed by atoms with Crippen LogP contribution >= 0.6 is 0 Å². The van der Waals surface area contributed by atoms with Crippen LogP contribution in [0.25, 0.3) is 0 Å². The molecule has 0 aliphatic carbocycles. The van der Waals surface area contributed by atoms with E-state index < -0.39 is 0 Å². The molecule has 1 amide bonds. The molecule has 1 N–H and O–H groups in total. The largest absolute Gasteiger partial charge is 0.327 e. The fourth-order valence-corrected chi connectivity index (χ4v) is 3.16. The van der Waals surface area contributed by atoms with Gasteiger partial charge in [0.2, 0.25) is 5.91 Å². The van der Waals surface area contributed by atoms with Gasteiger partial charge in [0.1, 0.15) is 6.04 Å². The topological polar surface area (TPSA) is 38.8 Å². The fraction of sp³-hybridized carbons (Fsp3) is 0.562. The number of nitrogens with one attached hydrogen (secondary N) is 1. The highest BCUT2D eigenvalue weighted by Gasteiger charge is 2.34. The normalized spacial score (nSPS) is 28.3. The molecule has 114 valence electrons. The highest BCUT2D eigenvalue weighted by atomic mass is 16.2. The molecule has 0 aromatic heterocycles. The molecule has 0 saturated carbocycles. The van der Waals surface area contributed by atoms with E-state index in [1.807, 2.05) is 35.2 Å². The third kappa shape index (κ3) is 3.10. The monoisotopic (exact) mass is 288 g/mol. The number of likely N-dealkylation sites (N-methyl/N-ethyl adjacent to an activating group) is 2. The summed E-state index contributed by atoms with van der Waals surface area (Å²) >= 11 is 0. The first-order valence-corrected chi connectivity index (χ1v) is 7.61. The minimum Gasteiger partial charge on any atom is -0.327 e. The predicted molar refractivity (Wildman–Crippen MR) is 82.8 cm³/mol. The average Bonchev–Trinajstić information content (AvgIpc) is 2.85. The third-order valence-corrected chi connectivity index (χ3v) is 4.59. The van der Waals surface area contributed by atoms with Crippen LogP contribution in [0, 0.1) is 0 Å². The van der Waals surface area contributed by atoms with Crippen molar-refractivity contribution in [3.63, 3.8) is 0 Å². The number of piperazine rings is 1. The van der Waals surface area contributed by atoms with Crippen LogP contribution in [0.5, 0.6) is 0 Å². The molecule has 1 aromatic carbocycles. The third-order valence-electron chi connectivity index (χ3n) is 4.59. The highest BCUT2D eigenvalue weighted by Crippen LogP contribution is 2.21. The van der Waals surface area contributed by atoms with Gasteiger partial charge in [0.25, 0.3) is 0 Å². The molecule has 2 aliphatic heterocycles. The van der Waals surface area contributed by atoms with Crippen LogP contribution in [-0.2, 0) is 4.79 Å². The molecular formula is C16H24N4O.